The van der Waals surface area contributed by atoms with Crippen LogP contribution in [0.15, 0.2) is 71.5 Å². The fourth-order valence-corrected chi connectivity index (χ4v) is 4.49. The highest BCUT2D eigenvalue weighted by Gasteiger charge is 2.31. The zero-order chi connectivity index (χ0) is 21.5. The Morgan fingerprint density at radius 1 is 0.935 bits per heavy atom. The summed E-state index contributed by atoms with van der Waals surface area (Å²) in [5.41, 5.74) is 3.46. The first-order valence-corrected chi connectivity index (χ1v) is 10.3. The molecule has 0 atom stereocenters. The number of hydrogen-bond donors (Lipinski definition) is 1. The highest BCUT2D eigenvalue weighted by atomic mass is 35.5. The SMILES string of the molecule is COc1ccc(CN2Cc3cccc(Cl)c3-c3c(c4ccccc4[nH]c3=O)C2=O)cc1. The third-order valence-corrected chi connectivity index (χ3v) is 5.98. The Morgan fingerprint density at radius 3 is 2.48 bits per heavy atom. The lowest BCUT2D eigenvalue weighted by Gasteiger charge is -2.22. The molecule has 2 heterocycles. The van der Waals surface area contributed by atoms with E-state index < -0.39 is 0 Å². The van der Waals surface area contributed by atoms with E-state index in [9.17, 15) is 9.59 Å². The van der Waals surface area contributed by atoms with Crippen LogP contribution < -0.4 is 10.3 Å². The predicted octanol–water partition coefficient (Wildman–Crippen LogP) is 5.01. The molecule has 1 N–H and O–H groups in total. The second kappa shape index (κ2) is 7.60. The summed E-state index contributed by atoms with van der Waals surface area (Å²) in [6.45, 7) is 0.749. The van der Waals surface area contributed by atoms with Crippen molar-refractivity contribution in [1.82, 2.24) is 9.88 Å². The number of ether oxygens (including phenoxy) is 1. The topological polar surface area (TPSA) is 62.4 Å². The lowest BCUT2D eigenvalue weighted by Crippen LogP contribution is -2.30. The number of aromatic nitrogens is 1. The number of hydrogen-bond acceptors (Lipinski definition) is 3. The van der Waals surface area contributed by atoms with Crippen molar-refractivity contribution in [2.45, 2.75) is 13.1 Å². The van der Waals surface area contributed by atoms with Crippen molar-refractivity contribution in [1.29, 1.82) is 0 Å². The van der Waals surface area contributed by atoms with Gasteiger partial charge < -0.3 is 14.6 Å². The number of halogens is 1. The van der Waals surface area contributed by atoms with Crippen molar-refractivity contribution >= 4 is 28.4 Å². The number of H-pyrrole nitrogens is 1. The molecular formula is C25H19ClN2O3. The molecule has 5 rings (SSSR count). The van der Waals surface area contributed by atoms with Crippen molar-refractivity contribution < 1.29 is 9.53 Å². The second-order valence-electron chi connectivity index (χ2n) is 7.53. The van der Waals surface area contributed by atoms with Crippen molar-refractivity contribution in [2.75, 3.05) is 7.11 Å². The van der Waals surface area contributed by atoms with Gasteiger partial charge in [-0.15, -0.1) is 0 Å². The van der Waals surface area contributed by atoms with Gasteiger partial charge in [-0.05, 0) is 35.4 Å². The minimum atomic E-state index is -0.317. The average molecular weight is 431 g/mol. The smallest absolute Gasteiger partial charge is 0.257 e. The van der Waals surface area contributed by atoms with E-state index in [-0.39, 0.29) is 11.5 Å². The van der Waals surface area contributed by atoms with Gasteiger partial charge in [0.1, 0.15) is 5.75 Å². The second-order valence-corrected chi connectivity index (χ2v) is 7.94. The van der Waals surface area contributed by atoms with Crippen LogP contribution in [0.25, 0.3) is 22.0 Å². The van der Waals surface area contributed by atoms with Crippen LogP contribution in [0.4, 0.5) is 0 Å². The lowest BCUT2D eigenvalue weighted by atomic mass is 9.95. The Labute approximate surface area is 183 Å². The quantitative estimate of drug-likeness (QED) is 0.496. The molecule has 6 heteroatoms. The van der Waals surface area contributed by atoms with E-state index >= 15 is 0 Å². The van der Waals surface area contributed by atoms with Crippen LogP contribution in [0.1, 0.15) is 21.5 Å². The molecule has 1 amide bonds. The molecule has 1 aromatic heterocycles. The first-order valence-electron chi connectivity index (χ1n) is 9.92. The Hall–Kier alpha value is -3.57. The van der Waals surface area contributed by atoms with E-state index in [4.69, 9.17) is 16.3 Å². The number of methoxy groups -OCH3 is 1. The normalized spacial score (nSPS) is 13.0. The fourth-order valence-electron chi connectivity index (χ4n) is 4.20. The zero-order valence-corrected chi connectivity index (χ0v) is 17.6. The molecule has 0 saturated carbocycles. The number of rotatable bonds is 3. The van der Waals surface area contributed by atoms with Crippen LogP contribution in [-0.2, 0) is 13.1 Å². The molecule has 0 saturated heterocycles. The molecule has 0 bridgehead atoms. The highest BCUT2D eigenvalue weighted by Crippen LogP contribution is 2.38. The molecule has 0 fully saturated rings. The summed E-state index contributed by atoms with van der Waals surface area (Å²) in [6.07, 6.45) is 0. The maximum Gasteiger partial charge on any atom is 0.257 e. The molecular weight excluding hydrogens is 412 g/mol. The van der Waals surface area contributed by atoms with Crippen molar-refractivity contribution in [3.63, 3.8) is 0 Å². The molecule has 3 aromatic carbocycles. The van der Waals surface area contributed by atoms with Gasteiger partial charge in [-0.2, -0.15) is 0 Å². The minimum Gasteiger partial charge on any atom is -0.497 e. The summed E-state index contributed by atoms with van der Waals surface area (Å²) in [6, 6.07) is 20.5. The molecule has 5 nitrogen and oxygen atoms in total. The van der Waals surface area contributed by atoms with Crippen molar-refractivity contribution in [3.8, 4) is 16.9 Å². The molecule has 1 aliphatic heterocycles. The first-order chi connectivity index (χ1) is 15.1. The summed E-state index contributed by atoms with van der Waals surface area (Å²) < 4.78 is 5.23. The number of pyridine rings is 1. The number of amides is 1. The molecule has 0 aliphatic carbocycles. The molecule has 0 spiro atoms. The zero-order valence-electron chi connectivity index (χ0n) is 16.8. The molecule has 154 valence electrons. The maximum atomic E-state index is 13.8. The number of nitrogens with zero attached hydrogens (tertiary/aromatic N) is 1. The number of para-hydroxylation sites is 1. The van der Waals surface area contributed by atoms with Gasteiger partial charge in [0.25, 0.3) is 11.5 Å². The number of fused-ring (bicyclic) bond motifs is 5. The van der Waals surface area contributed by atoms with Crippen LogP contribution in [0, 0.1) is 0 Å². The molecule has 31 heavy (non-hydrogen) atoms. The number of aromatic amines is 1. The van der Waals surface area contributed by atoms with E-state index in [0.29, 0.717) is 45.7 Å². The van der Waals surface area contributed by atoms with Crippen LogP contribution >= 0.6 is 11.6 Å². The van der Waals surface area contributed by atoms with Gasteiger partial charge in [0.15, 0.2) is 0 Å². The summed E-state index contributed by atoms with van der Waals surface area (Å²) in [4.78, 5) is 31.6. The maximum absolute atomic E-state index is 13.8. The summed E-state index contributed by atoms with van der Waals surface area (Å²) >= 11 is 6.56. The average Bonchev–Trinajstić information content (AvgIpc) is 2.90. The third kappa shape index (κ3) is 3.27. The van der Waals surface area contributed by atoms with Gasteiger partial charge in [0, 0.05) is 34.6 Å². The van der Waals surface area contributed by atoms with Crippen LogP contribution in [0.2, 0.25) is 5.02 Å². The van der Waals surface area contributed by atoms with Crippen LogP contribution in [0.5, 0.6) is 5.75 Å². The first kappa shape index (κ1) is 19.4. The molecule has 1 aliphatic rings. The molecule has 0 unspecified atom stereocenters. The van der Waals surface area contributed by atoms with Gasteiger partial charge in [0.2, 0.25) is 0 Å². The molecule has 4 aromatic rings. The minimum absolute atomic E-state index is 0.194. The Bertz CT molecular complexity index is 1380. The summed E-state index contributed by atoms with van der Waals surface area (Å²) in [7, 11) is 1.62. The Kier molecular flexibility index (Phi) is 4.75. The van der Waals surface area contributed by atoms with E-state index in [1.807, 2.05) is 54.6 Å². The van der Waals surface area contributed by atoms with Gasteiger partial charge in [0.05, 0.1) is 18.2 Å². The van der Waals surface area contributed by atoms with Crippen LogP contribution in [-0.4, -0.2) is 22.9 Å². The predicted molar refractivity (Wildman–Crippen MR) is 122 cm³/mol. The number of benzene rings is 3. The van der Waals surface area contributed by atoms with E-state index in [1.165, 1.54) is 0 Å². The standard InChI is InChI=1S/C25H19ClN2O3/c1-31-17-11-9-15(10-12-17)13-28-14-16-5-4-7-19(26)21(16)23-22(25(28)30)18-6-2-3-8-20(18)27-24(23)29/h2-12H,13-14H2,1H3,(H,27,29). The van der Waals surface area contributed by atoms with Gasteiger partial charge in [-0.25, -0.2) is 0 Å². The summed E-state index contributed by atoms with van der Waals surface area (Å²) in [5, 5.41) is 1.16. The Balaban J connectivity index is 1.74. The lowest BCUT2D eigenvalue weighted by molar-refractivity contribution is 0.0735. The van der Waals surface area contributed by atoms with Gasteiger partial charge >= 0.3 is 0 Å². The number of nitrogens with one attached hydrogen (secondary N) is 1. The van der Waals surface area contributed by atoms with Crippen molar-refractivity contribution in [3.05, 3.63) is 98.8 Å². The van der Waals surface area contributed by atoms with Gasteiger partial charge in [-0.1, -0.05) is 54.1 Å². The Morgan fingerprint density at radius 2 is 1.71 bits per heavy atom. The number of carbonyl (C=O) groups excluding carboxylic acids is 1. The number of carbonyl (C=O) groups is 1. The largest absolute Gasteiger partial charge is 0.497 e. The van der Waals surface area contributed by atoms with Crippen molar-refractivity contribution in [2.24, 2.45) is 0 Å². The summed E-state index contributed by atoms with van der Waals surface area (Å²) in [5.74, 6) is 0.561. The third-order valence-electron chi connectivity index (χ3n) is 5.67. The van der Waals surface area contributed by atoms with Crippen LogP contribution in [0.3, 0.4) is 0 Å². The fraction of sp³-hybridized carbons (Fsp3) is 0.120. The van der Waals surface area contributed by atoms with E-state index in [1.54, 1.807) is 24.1 Å². The monoisotopic (exact) mass is 430 g/mol. The van der Waals surface area contributed by atoms with Gasteiger partial charge in [-0.3, -0.25) is 9.59 Å². The van der Waals surface area contributed by atoms with E-state index in [0.717, 1.165) is 16.9 Å². The molecule has 0 radical (unpaired) electrons. The highest BCUT2D eigenvalue weighted by molar-refractivity contribution is 6.34. The van der Waals surface area contributed by atoms with E-state index in [2.05, 4.69) is 4.98 Å².